The van der Waals surface area contributed by atoms with Gasteiger partial charge in [-0.3, -0.25) is 4.79 Å². The summed E-state index contributed by atoms with van der Waals surface area (Å²) in [7, 11) is 0. The number of rotatable bonds is 5. The van der Waals surface area contributed by atoms with Crippen molar-refractivity contribution in [3.8, 4) is 11.4 Å². The predicted molar refractivity (Wildman–Crippen MR) is 112 cm³/mol. The summed E-state index contributed by atoms with van der Waals surface area (Å²) < 4.78 is 12.6. The van der Waals surface area contributed by atoms with Crippen LogP contribution in [0.25, 0.3) is 11.8 Å². The van der Waals surface area contributed by atoms with Crippen LogP contribution in [-0.4, -0.2) is 16.5 Å². The lowest BCUT2D eigenvalue weighted by Crippen LogP contribution is -2.15. The van der Waals surface area contributed by atoms with Crippen LogP contribution < -0.4 is 4.74 Å². The van der Waals surface area contributed by atoms with Gasteiger partial charge in [-0.15, -0.1) is 0 Å². The van der Waals surface area contributed by atoms with E-state index in [1.807, 2.05) is 51.1 Å². The number of para-hydroxylation sites is 1. The number of esters is 2. The average molecular weight is 389 g/mol. The molecule has 0 atom stereocenters. The van der Waals surface area contributed by atoms with Gasteiger partial charge in [-0.1, -0.05) is 30.3 Å². The third kappa shape index (κ3) is 4.82. The van der Waals surface area contributed by atoms with Crippen molar-refractivity contribution in [3.05, 3.63) is 88.9 Å². The molecule has 29 heavy (non-hydrogen) atoms. The van der Waals surface area contributed by atoms with Gasteiger partial charge >= 0.3 is 11.9 Å². The summed E-state index contributed by atoms with van der Waals surface area (Å²) in [5.74, 6) is -1.10. The van der Waals surface area contributed by atoms with Gasteiger partial charge in [0, 0.05) is 24.0 Å². The van der Waals surface area contributed by atoms with Crippen molar-refractivity contribution in [1.29, 1.82) is 0 Å². The lowest BCUT2D eigenvalue weighted by atomic mass is 10.2. The first-order chi connectivity index (χ1) is 13.8. The Morgan fingerprint density at radius 2 is 1.66 bits per heavy atom. The van der Waals surface area contributed by atoms with Crippen LogP contribution >= 0.6 is 0 Å². The van der Waals surface area contributed by atoms with Gasteiger partial charge in [-0.25, -0.2) is 4.79 Å². The Balaban J connectivity index is 1.98. The molecule has 3 rings (SSSR count). The van der Waals surface area contributed by atoms with Crippen molar-refractivity contribution in [2.75, 3.05) is 0 Å². The molecule has 1 aromatic heterocycles. The fourth-order valence-corrected chi connectivity index (χ4v) is 3.17. The molecule has 148 valence electrons. The molecule has 3 aromatic rings. The van der Waals surface area contributed by atoms with Crippen molar-refractivity contribution in [2.24, 2.45) is 0 Å². The standard InChI is InChI=1S/C24H23NO4/c1-16-9-8-10-21(13-16)25-17(2)14-20(18(25)3)15-23(28-19(4)26)24(27)29-22-11-6-5-7-12-22/h5-15H,1-4H3. The minimum Gasteiger partial charge on any atom is -0.421 e. The van der Waals surface area contributed by atoms with E-state index in [1.54, 1.807) is 30.3 Å². The molecular formula is C24H23NO4. The van der Waals surface area contributed by atoms with Gasteiger partial charge in [-0.2, -0.15) is 0 Å². The van der Waals surface area contributed by atoms with Crippen molar-refractivity contribution in [3.63, 3.8) is 0 Å². The smallest absolute Gasteiger partial charge is 0.379 e. The predicted octanol–water partition coefficient (Wildman–Crippen LogP) is 4.91. The second-order valence-electron chi connectivity index (χ2n) is 6.81. The molecule has 2 aromatic carbocycles. The lowest BCUT2D eigenvalue weighted by molar-refractivity contribution is -0.145. The van der Waals surface area contributed by atoms with Gasteiger partial charge in [0.1, 0.15) is 5.75 Å². The number of hydrogen-bond donors (Lipinski definition) is 0. The van der Waals surface area contributed by atoms with Crippen LogP contribution in [0.4, 0.5) is 0 Å². The number of aromatic nitrogens is 1. The average Bonchev–Trinajstić information content (AvgIpc) is 2.95. The maximum absolute atomic E-state index is 12.6. The Labute approximate surface area is 170 Å². The number of nitrogens with zero attached hydrogens (tertiary/aromatic N) is 1. The van der Waals surface area contributed by atoms with Crippen LogP contribution in [0.2, 0.25) is 0 Å². The molecule has 0 aliphatic rings. The van der Waals surface area contributed by atoms with Crippen LogP contribution in [0, 0.1) is 20.8 Å². The maximum Gasteiger partial charge on any atom is 0.379 e. The topological polar surface area (TPSA) is 57.5 Å². The van der Waals surface area contributed by atoms with Crippen molar-refractivity contribution >= 4 is 18.0 Å². The molecule has 0 saturated carbocycles. The lowest BCUT2D eigenvalue weighted by Gasteiger charge is -2.11. The number of aryl methyl sites for hydroxylation is 2. The number of carbonyl (C=O) groups is 2. The van der Waals surface area contributed by atoms with Gasteiger partial charge < -0.3 is 14.0 Å². The second-order valence-corrected chi connectivity index (χ2v) is 6.81. The second kappa shape index (κ2) is 8.61. The first-order valence-corrected chi connectivity index (χ1v) is 9.28. The molecule has 0 saturated heterocycles. The van der Waals surface area contributed by atoms with Crippen LogP contribution in [0.1, 0.15) is 29.4 Å². The Hall–Kier alpha value is -3.60. The van der Waals surface area contributed by atoms with Crippen molar-refractivity contribution in [2.45, 2.75) is 27.7 Å². The van der Waals surface area contributed by atoms with Crippen molar-refractivity contribution < 1.29 is 19.1 Å². The molecule has 0 aliphatic heterocycles. The minimum absolute atomic E-state index is 0.161. The maximum atomic E-state index is 12.6. The summed E-state index contributed by atoms with van der Waals surface area (Å²) in [6.45, 7) is 7.23. The molecule has 5 nitrogen and oxygen atoms in total. The quantitative estimate of drug-likeness (QED) is 0.269. The first kappa shape index (κ1) is 20.1. The number of carbonyl (C=O) groups excluding carboxylic acids is 2. The highest BCUT2D eigenvalue weighted by Gasteiger charge is 2.19. The molecule has 1 heterocycles. The molecule has 0 bridgehead atoms. The van der Waals surface area contributed by atoms with Gasteiger partial charge in [-0.05, 0) is 68.3 Å². The Morgan fingerprint density at radius 1 is 0.931 bits per heavy atom. The minimum atomic E-state index is -0.730. The zero-order valence-electron chi connectivity index (χ0n) is 16.9. The molecule has 0 fully saturated rings. The molecule has 0 N–H and O–H groups in total. The van der Waals surface area contributed by atoms with E-state index in [-0.39, 0.29) is 5.76 Å². The SMILES string of the molecule is CC(=O)OC(=Cc1cc(C)n(-c2cccc(C)c2)c1C)C(=O)Oc1ccccc1. The van der Waals surface area contributed by atoms with E-state index >= 15 is 0 Å². The molecule has 0 unspecified atom stereocenters. The van der Waals surface area contributed by atoms with E-state index in [0.29, 0.717) is 5.75 Å². The van der Waals surface area contributed by atoms with E-state index in [9.17, 15) is 9.59 Å². The molecule has 0 amide bonds. The first-order valence-electron chi connectivity index (χ1n) is 9.28. The number of hydrogen-bond acceptors (Lipinski definition) is 4. The Morgan fingerprint density at radius 3 is 2.31 bits per heavy atom. The highest BCUT2D eigenvalue weighted by Crippen LogP contribution is 2.24. The zero-order chi connectivity index (χ0) is 21.0. The Kier molecular flexibility index (Phi) is 5.98. The number of ether oxygens (including phenoxy) is 2. The molecule has 0 aliphatic carbocycles. The summed E-state index contributed by atoms with van der Waals surface area (Å²) in [5.41, 5.74) is 4.87. The van der Waals surface area contributed by atoms with Gasteiger partial charge in [0.15, 0.2) is 0 Å². The zero-order valence-corrected chi connectivity index (χ0v) is 16.9. The van der Waals surface area contributed by atoms with E-state index in [0.717, 1.165) is 28.2 Å². The van der Waals surface area contributed by atoms with Crippen LogP contribution in [-0.2, 0) is 14.3 Å². The van der Waals surface area contributed by atoms with Crippen LogP contribution in [0.5, 0.6) is 5.75 Å². The van der Waals surface area contributed by atoms with Crippen LogP contribution in [0.15, 0.2) is 66.4 Å². The van der Waals surface area contributed by atoms with Gasteiger partial charge in [0.25, 0.3) is 0 Å². The fraction of sp³-hybridized carbons (Fsp3) is 0.167. The molecule has 0 radical (unpaired) electrons. The monoisotopic (exact) mass is 389 g/mol. The van der Waals surface area contributed by atoms with E-state index < -0.39 is 11.9 Å². The Bertz CT molecular complexity index is 1080. The molecule has 0 spiro atoms. The normalized spacial score (nSPS) is 11.2. The third-order valence-electron chi connectivity index (χ3n) is 4.43. The van der Waals surface area contributed by atoms with Gasteiger partial charge in [0.05, 0.1) is 0 Å². The third-order valence-corrected chi connectivity index (χ3v) is 4.43. The van der Waals surface area contributed by atoms with E-state index in [2.05, 4.69) is 10.6 Å². The highest BCUT2D eigenvalue weighted by molar-refractivity contribution is 5.95. The molecule has 5 heteroatoms. The summed E-state index contributed by atoms with van der Waals surface area (Å²) in [5, 5.41) is 0. The molecular weight excluding hydrogens is 366 g/mol. The van der Waals surface area contributed by atoms with Crippen LogP contribution in [0.3, 0.4) is 0 Å². The fourth-order valence-electron chi connectivity index (χ4n) is 3.17. The number of benzene rings is 2. The largest absolute Gasteiger partial charge is 0.421 e. The summed E-state index contributed by atoms with van der Waals surface area (Å²) in [4.78, 5) is 24.1. The highest BCUT2D eigenvalue weighted by atomic mass is 16.6. The summed E-state index contributed by atoms with van der Waals surface area (Å²) in [6, 6.07) is 18.7. The summed E-state index contributed by atoms with van der Waals surface area (Å²) in [6.07, 6.45) is 1.54. The van der Waals surface area contributed by atoms with Gasteiger partial charge in [0.2, 0.25) is 5.76 Å². The summed E-state index contributed by atoms with van der Waals surface area (Å²) >= 11 is 0. The van der Waals surface area contributed by atoms with E-state index in [4.69, 9.17) is 9.47 Å². The van der Waals surface area contributed by atoms with Crippen molar-refractivity contribution in [1.82, 2.24) is 4.57 Å². The van der Waals surface area contributed by atoms with E-state index in [1.165, 1.54) is 6.92 Å².